The van der Waals surface area contributed by atoms with Crippen LogP contribution in [-0.2, 0) is 0 Å². The van der Waals surface area contributed by atoms with Crippen LogP contribution in [0.3, 0.4) is 0 Å². The topological polar surface area (TPSA) is 20.2 Å². The molecule has 0 aliphatic heterocycles. The van der Waals surface area contributed by atoms with E-state index in [1.807, 2.05) is 0 Å². The van der Waals surface area contributed by atoms with Crippen LogP contribution in [-0.4, -0.2) is 11.0 Å². The monoisotopic (exact) mass is 162 g/mol. The molecule has 0 amide bonds. The van der Waals surface area contributed by atoms with Crippen molar-refractivity contribution in [2.24, 2.45) is 5.92 Å². The van der Waals surface area contributed by atoms with E-state index in [-0.39, 0.29) is 5.85 Å². The number of hydrogen-bond acceptors (Lipinski definition) is 1. The zero-order valence-electron chi connectivity index (χ0n) is 7.01. The Kier molecular flexibility index (Phi) is 6.36. The summed E-state index contributed by atoms with van der Waals surface area (Å²) in [4.78, 5) is 0. The molecule has 0 aliphatic rings. The van der Waals surface area contributed by atoms with E-state index in [1.54, 1.807) is 0 Å². The number of unbranched alkanes of at least 4 members (excludes halogenated alkanes) is 1. The van der Waals surface area contributed by atoms with Crippen molar-refractivity contribution < 1.29 is 5.11 Å². The zero-order valence-corrected chi connectivity index (χ0v) is 8.16. The third-order valence-corrected chi connectivity index (χ3v) is 1.86. The van der Waals surface area contributed by atoms with E-state index < -0.39 is 0 Å². The second-order valence-electron chi connectivity index (χ2n) is 3.25. The van der Waals surface area contributed by atoms with Crippen LogP contribution in [0, 0.1) is 5.92 Å². The highest BCUT2D eigenvalue weighted by Gasteiger charge is 1.96. The molecule has 62 valence electrons. The van der Waals surface area contributed by atoms with E-state index in [4.69, 9.17) is 5.11 Å². The molecule has 0 spiro atoms. The zero-order chi connectivity index (χ0) is 7.98. The maximum Gasteiger partial charge on any atom is 0.0673 e. The van der Waals surface area contributed by atoms with E-state index in [0.717, 1.165) is 18.8 Å². The molecule has 0 saturated heterocycles. The van der Waals surface area contributed by atoms with Crippen molar-refractivity contribution in [3.05, 3.63) is 0 Å². The van der Waals surface area contributed by atoms with Gasteiger partial charge in [-0.2, -0.15) is 0 Å². The van der Waals surface area contributed by atoms with Crippen molar-refractivity contribution in [1.82, 2.24) is 0 Å². The van der Waals surface area contributed by atoms with Gasteiger partial charge in [-0.3, -0.25) is 0 Å². The molecule has 0 aromatic carbocycles. The number of aliphatic hydroxyl groups excluding tert-OH is 1. The predicted molar refractivity (Wildman–Crippen MR) is 49.0 cm³/mol. The first kappa shape index (κ1) is 10.4. The van der Waals surface area contributed by atoms with Gasteiger partial charge >= 0.3 is 0 Å². The third-order valence-electron chi connectivity index (χ3n) is 1.53. The number of aliphatic hydroxyl groups is 1. The Morgan fingerprint density at radius 2 is 1.70 bits per heavy atom. The van der Waals surface area contributed by atoms with Crippen LogP contribution in [0.2, 0.25) is 0 Å². The molecule has 0 aromatic heterocycles. The molecular weight excluding hydrogens is 143 g/mol. The van der Waals surface area contributed by atoms with Gasteiger partial charge in [0, 0.05) is 0 Å². The molecule has 0 radical (unpaired) electrons. The normalized spacial score (nSPS) is 14.1. The van der Waals surface area contributed by atoms with E-state index in [9.17, 15) is 0 Å². The lowest BCUT2D eigenvalue weighted by Gasteiger charge is -2.05. The number of rotatable bonds is 5. The maximum absolute atomic E-state index is 8.88. The summed E-state index contributed by atoms with van der Waals surface area (Å²) in [5, 5.41) is 8.88. The Bertz CT molecular complexity index is 61.7. The van der Waals surface area contributed by atoms with Gasteiger partial charge in [0.05, 0.1) is 5.85 Å². The van der Waals surface area contributed by atoms with Gasteiger partial charge in [0.1, 0.15) is 0 Å². The molecule has 2 atom stereocenters. The fourth-order valence-corrected chi connectivity index (χ4v) is 1.14. The minimum atomic E-state index is -0.188. The van der Waals surface area contributed by atoms with Crippen molar-refractivity contribution >= 4 is 9.24 Å². The first-order valence-electron chi connectivity index (χ1n) is 4.06. The fourth-order valence-electron chi connectivity index (χ4n) is 0.906. The van der Waals surface area contributed by atoms with Gasteiger partial charge in [0.25, 0.3) is 0 Å². The molecule has 10 heavy (non-hydrogen) atoms. The molecule has 1 N–H and O–H groups in total. The Hall–Kier alpha value is 0.390. The highest BCUT2D eigenvalue weighted by atomic mass is 31.0. The summed E-state index contributed by atoms with van der Waals surface area (Å²) >= 11 is 0. The molecule has 0 bridgehead atoms. The van der Waals surface area contributed by atoms with Crippen LogP contribution >= 0.6 is 9.24 Å². The average molecular weight is 162 g/mol. The van der Waals surface area contributed by atoms with Crippen LogP contribution < -0.4 is 0 Å². The van der Waals surface area contributed by atoms with Gasteiger partial charge in [-0.05, 0) is 12.3 Å². The Morgan fingerprint density at radius 1 is 1.20 bits per heavy atom. The quantitative estimate of drug-likeness (QED) is 0.486. The first-order chi connectivity index (χ1) is 4.63. The van der Waals surface area contributed by atoms with Crippen LogP contribution in [0.1, 0.15) is 39.5 Å². The summed E-state index contributed by atoms with van der Waals surface area (Å²) in [6.45, 7) is 4.47. The average Bonchev–Trinajstić information content (AvgIpc) is 1.79. The summed E-state index contributed by atoms with van der Waals surface area (Å²) in [6, 6.07) is 0. The SMILES string of the molecule is CC(C)CCCCC(O)P. The van der Waals surface area contributed by atoms with Crippen LogP contribution in [0.25, 0.3) is 0 Å². The fraction of sp³-hybridized carbons (Fsp3) is 1.00. The molecule has 1 nitrogen and oxygen atoms in total. The van der Waals surface area contributed by atoms with Gasteiger partial charge < -0.3 is 5.11 Å². The van der Waals surface area contributed by atoms with Gasteiger partial charge in [-0.15, -0.1) is 9.24 Å². The van der Waals surface area contributed by atoms with Crippen molar-refractivity contribution in [2.75, 3.05) is 0 Å². The highest BCUT2D eigenvalue weighted by Crippen LogP contribution is 2.11. The smallest absolute Gasteiger partial charge is 0.0673 e. The molecule has 0 aromatic rings. The van der Waals surface area contributed by atoms with E-state index in [1.165, 1.54) is 12.8 Å². The molecular formula is C8H19OP. The van der Waals surface area contributed by atoms with Gasteiger partial charge in [-0.1, -0.05) is 33.1 Å². The molecule has 0 saturated carbocycles. The summed E-state index contributed by atoms with van der Waals surface area (Å²) < 4.78 is 0. The van der Waals surface area contributed by atoms with Gasteiger partial charge in [-0.25, -0.2) is 0 Å². The lowest BCUT2D eigenvalue weighted by Crippen LogP contribution is -1.95. The summed E-state index contributed by atoms with van der Waals surface area (Å²) in [5.74, 6) is 0.619. The second-order valence-corrected chi connectivity index (χ2v) is 4.02. The standard InChI is InChI=1S/C8H19OP/c1-7(2)5-3-4-6-8(9)10/h7-9H,3-6,10H2,1-2H3. The van der Waals surface area contributed by atoms with Crippen molar-refractivity contribution in [3.8, 4) is 0 Å². The summed E-state index contributed by atoms with van der Waals surface area (Å²) in [5.41, 5.74) is 0. The molecule has 2 heteroatoms. The summed E-state index contributed by atoms with van der Waals surface area (Å²) in [6.07, 6.45) is 4.63. The van der Waals surface area contributed by atoms with Crippen LogP contribution in [0.4, 0.5) is 0 Å². The van der Waals surface area contributed by atoms with E-state index in [0.29, 0.717) is 0 Å². The Labute approximate surface area is 66.4 Å². The van der Waals surface area contributed by atoms with Crippen LogP contribution in [0.15, 0.2) is 0 Å². The third kappa shape index (κ3) is 8.39. The minimum Gasteiger partial charge on any atom is -0.389 e. The molecule has 0 heterocycles. The van der Waals surface area contributed by atoms with Gasteiger partial charge in [0.2, 0.25) is 0 Å². The highest BCUT2D eigenvalue weighted by molar-refractivity contribution is 7.17. The maximum atomic E-state index is 8.88. The van der Waals surface area contributed by atoms with E-state index in [2.05, 4.69) is 23.1 Å². The first-order valence-corrected chi connectivity index (χ1v) is 4.73. The van der Waals surface area contributed by atoms with Crippen molar-refractivity contribution in [3.63, 3.8) is 0 Å². The van der Waals surface area contributed by atoms with Crippen molar-refractivity contribution in [2.45, 2.75) is 45.4 Å². The lowest BCUT2D eigenvalue weighted by atomic mass is 10.1. The minimum absolute atomic E-state index is 0.188. The molecule has 2 unspecified atom stereocenters. The van der Waals surface area contributed by atoms with E-state index >= 15 is 0 Å². The Morgan fingerprint density at radius 3 is 2.10 bits per heavy atom. The lowest BCUT2D eigenvalue weighted by molar-refractivity contribution is 0.246. The second kappa shape index (κ2) is 6.12. The molecule has 0 aliphatic carbocycles. The molecule has 0 fully saturated rings. The van der Waals surface area contributed by atoms with Crippen LogP contribution in [0.5, 0.6) is 0 Å². The summed E-state index contributed by atoms with van der Waals surface area (Å²) in [7, 11) is 2.41. The molecule has 0 rings (SSSR count). The van der Waals surface area contributed by atoms with Crippen molar-refractivity contribution in [1.29, 1.82) is 0 Å². The predicted octanol–water partition coefficient (Wildman–Crippen LogP) is 2.40. The largest absolute Gasteiger partial charge is 0.389 e. The van der Waals surface area contributed by atoms with Gasteiger partial charge in [0.15, 0.2) is 0 Å². The Balaban J connectivity index is 2.91. The number of hydrogen-bond donors (Lipinski definition) is 1.